The Morgan fingerprint density at radius 3 is 2.67 bits per heavy atom. The summed E-state index contributed by atoms with van der Waals surface area (Å²) in [6.45, 7) is 0.139. The van der Waals surface area contributed by atoms with Gasteiger partial charge in [0.25, 0.3) is 0 Å². The molecule has 2 N–H and O–H groups in total. The van der Waals surface area contributed by atoms with Gasteiger partial charge in [0.1, 0.15) is 5.82 Å². The lowest BCUT2D eigenvalue weighted by molar-refractivity contribution is -0.137. The van der Waals surface area contributed by atoms with E-state index in [0.29, 0.717) is 5.56 Å². The molecule has 0 aliphatic heterocycles. The molecule has 0 spiro atoms. The molecule has 21 heavy (non-hydrogen) atoms. The first-order valence-electron chi connectivity index (χ1n) is 6.17. The molecule has 108 valence electrons. The number of halogens is 3. The van der Waals surface area contributed by atoms with Gasteiger partial charge in [-0.05, 0) is 12.1 Å². The molecule has 3 aromatic rings. The van der Waals surface area contributed by atoms with Crippen LogP contribution in [0.2, 0.25) is 0 Å². The van der Waals surface area contributed by atoms with Gasteiger partial charge in [-0.2, -0.15) is 18.3 Å². The molecule has 2 heterocycles. The predicted molar refractivity (Wildman–Crippen MR) is 72.5 cm³/mol. The Morgan fingerprint density at radius 1 is 1.19 bits per heavy atom. The van der Waals surface area contributed by atoms with Crippen molar-refractivity contribution in [3.05, 3.63) is 53.9 Å². The molecular formula is C14H11F3N4. The van der Waals surface area contributed by atoms with E-state index in [-0.39, 0.29) is 12.4 Å². The second-order valence-electron chi connectivity index (χ2n) is 4.65. The number of pyridine rings is 1. The molecule has 0 bridgehead atoms. The van der Waals surface area contributed by atoms with Crippen LogP contribution in [0.4, 0.5) is 19.0 Å². The fraction of sp³-hybridized carbons (Fsp3) is 0.143. The van der Waals surface area contributed by atoms with Crippen LogP contribution in [0.25, 0.3) is 10.9 Å². The summed E-state index contributed by atoms with van der Waals surface area (Å²) in [7, 11) is 0. The van der Waals surface area contributed by atoms with Crippen LogP contribution in [0.5, 0.6) is 0 Å². The first kappa shape index (κ1) is 13.4. The molecule has 2 aromatic heterocycles. The number of fused-ring (bicyclic) bond motifs is 1. The lowest BCUT2D eigenvalue weighted by atomic mass is 10.1. The third-order valence-electron chi connectivity index (χ3n) is 3.13. The van der Waals surface area contributed by atoms with E-state index in [1.54, 1.807) is 0 Å². The largest absolute Gasteiger partial charge is 0.419 e. The monoisotopic (exact) mass is 292 g/mol. The third kappa shape index (κ3) is 2.67. The van der Waals surface area contributed by atoms with Crippen molar-refractivity contribution in [3.8, 4) is 0 Å². The van der Waals surface area contributed by atoms with Gasteiger partial charge in [0.05, 0.1) is 23.8 Å². The molecule has 4 nitrogen and oxygen atoms in total. The van der Waals surface area contributed by atoms with E-state index in [2.05, 4.69) is 10.1 Å². The molecule has 0 aliphatic rings. The number of para-hydroxylation sites is 1. The molecule has 0 radical (unpaired) electrons. The SMILES string of the molecule is Nc1nc2ccccc2cc1Cn1cc(C(F)(F)F)cn1. The smallest absolute Gasteiger partial charge is 0.383 e. The molecular weight excluding hydrogens is 281 g/mol. The molecule has 0 atom stereocenters. The number of nitrogen functional groups attached to an aromatic ring is 1. The molecule has 0 unspecified atom stereocenters. The molecule has 1 aromatic carbocycles. The normalized spacial score (nSPS) is 12.0. The number of hydrogen-bond acceptors (Lipinski definition) is 3. The van der Waals surface area contributed by atoms with Crippen molar-refractivity contribution in [1.29, 1.82) is 0 Å². The number of alkyl halides is 3. The fourth-order valence-electron chi connectivity index (χ4n) is 2.07. The van der Waals surface area contributed by atoms with Crippen molar-refractivity contribution in [2.45, 2.75) is 12.7 Å². The molecule has 0 amide bonds. The maximum Gasteiger partial charge on any atom is 0.419 e. The van der Waals surface area contributed by atoms with Crippen LogP contribution < -0.4 is 5.73 Å². The lowest BCUT2D eigenvalue weighted by Gasteiger charge is -2.07. The summed E-state index contributed by atoms with van der Waals surface area (Å²) in [6, 6.07) is 9.21. The van der Waals surface area contributed by atoms with Gasteiger partial charge in [-0.15, -0.1) is 0 Å². The second kappa shape index (κ2) is 4.76. The lowest BCUT2D eigenvalue weighted by Crippen LogP contribution is -2.06. The van der Waals surface area contributed by atoms with Crippen LogP contribution in [-0.2, 0) is 12.7 Å². The fourth-order valence-corrected chi connectivity index (χ4v) is 2.07. The minimum atomic E-state index is -4.40. The van der Waals surface area contributed by atoms with Gasteiger partial charge in [-0.3, -0.25) is 4.68 Å². The number of rotatable bonds is 2. The van der Waals surface area contributed by atoms with E-state index in [4.69, 9.17) is 5.73 Å². The Bertz CT molecular complexity index is 792. The van der Waals surface area contributed by atoms with Crippen molar-refractivity contribution < 1.29 is 13.2 Å². The summed E-state index contributed by atoms with van der Waals surface area (Å²) in [5.41, 5.74) is 6.45. The van der Waals surface area contributed by atoms with Crippen LogP contribution in [0.1, 0.15) is 11.1 Å². The van der Waals surface area contributed by atoms with Crippen molar-refractivity contribution in [2.24, 2.45) is 0 Å². The molecule has 0 saturated heterocycles. The number of anilines is 1. The summed E-state index contributed by atoms with van der Waals surface area (Å²) in [6.07, 6.45) is -2.65. The standard InChI is InChI=1S/C14H11F3N4/c15-14(16,17)11-6-19-21(8-11)7-10-5-9-3-1-2-4-12(9)20-13(10)18/h1-6,8H,7H2,(H2,18,20). The van der Waals surface area contributed by atoms with Crippen molar-refractivity contribution in [1.82, 2.24) is 14.8 Å². The van der Waals surface area contributed by atoms with Gasteiger partial charge in [0.15, 0.2) is 0 Å². The van der Waals surface area contributed by atoms with E-state index < -0.39 is 11.7 Å². The zero-order valence-corrected chi connectivity index (χ0v) is 10.8. The Morgan fingerprint density at radius 2 is 1.95 bits per heavy atom. The summed E-state index contributed by atoms with van der Waals surface area (Å²) in [5.74, 6) is 0.290. The second-order valence-corrected chi connectivity index (χ2v) is 4.65. The maximum absolute atomic E-state index is 12.5. The Hall–Kier alpha value is -2.57. The molecule has 3 rings (SSSR count). The number of nitrogens with zero attached hydrogens (tertiary/aromatic N) is 3. The van der Waals surface area contributed by atoms with Crippen molar-refractivity contribution >= 4 is 16.7 Å². The van der Waals surface area contributed by atoms with Crippen LogP contribution in [-0.4, -0.2) is 14.8 Å². The number of hydrogen-bond donors (Lipinski definition) is 1. The number of benzene rings is 1. The van der Waals surface area contributed by atoms with E-state index in [1.165, 1.54) is 4.68 Å². The van der Waals surface area contributed by atoms with E-state index >= 15 is 0 Å². The number of aromatic nitrogens is 3. The average molecular weight is 292 g/mol. The summed E-state index contributed by atoms with van der Waals surface area (Å²) < 4.78 is 38.8. The van der Waals surface area contributed by atoms with Gasteiger partial charge in [-0.1, -0.05) is 18.2 Å². The van der Waals surface area contributed by atoms with Gasteiger partial charge < -0.3 is 5.73 Å². The first-order chi connectivity index (χ1) is 9.93. The highest BCUT2D eigenvalue weighted by Crippen LogP contribution is 2.28. The quantitative estimate of drug-likeness (QED) is 0.789. The van der Waals surface area contributed by atoms with Crippen LogP contribution in [0.15, 0.2) is 42.7 Å². The minimum Gasteiger partial charge on any atom is -0.383 e. The summed E-state index contributed by atoms with van der Waals surface area (Å²) >= 11 is 0. The zero-order valence-electron chi connectivity index (χ0n) is 10.8. The molecule has 0 saturated carbocycles. The molecule has 0 aliphatic carbocycles. The van der Waals surface area contributed by atoms with E-state index in [9.17, 15) is 13.2 Å². The van der Waals surface area contributed by atoms with Crippen molar-refractivity contribution in [3.63, 3.8) is 0 Å². The van der Waals surface area contributed by atoms with Gasteiger partial charge in [0.2, 0.25) is 0 Å². The zero-order chi connectivity index (χ0) is 15.0. The van der Waals surface area contributed by atoms with Crippen LogP contribution in [0, 0.1) is 0 Å². The highest BCUT2D eigenvalue weighted by atomic mass is 19.4. The first-order valence-corrected chi connectivity index (χ1v) is 6.17. The minimum absolute atomic E-state index is 0.139. The van der Waals surface area contributed by atoms with Crippen LogP contribution >= 0.6 is 0 Å². The Balaban J connectivity index is 1.94. The topological polar surface area (TPSA) is 56.7 Å². The van der Waals surface area contributed by atoms with Crippen LogP contribution in [0.3, 0.4) is 0 Å². The van der Waals surface area contributed by atoms with Gasteiger partial charge in [0, 0.05) is 17.1 Å². The number of nitrogens with two attached hydrogens (primary N) is 1. The molecule has 7 heteroatoms. The van der Waals surface area contributed by atoms with Crippen molar-refractivity contribution in [2.75, 3.05) is 5.73 Å². The highest BCUT2D eigenvalue weighted by molar-refractivity contribution is 5.81. The Labute approximate surface area is 118 Å². The summed E-state index contributed by atoms with van der Waals surface area (Å²) in [4.78, 5) is 4.24. The molecule has 0 fully saturated rings. The highest BCUT2D eigenvalue weighted by Gasteiger charge is 2.32. The Kier molecular flexibility index (Phi) is 3.04. The average Bonchev–Trinajstić information content (AvgIpc) is 2.88. The van der Waals surface area contributed by atoms with Gasteiger partial charge >= 0.3 is 6.18 Å². The van der Waals surface area contributed by atoms with Gasteiger partial charge in [-0.25, -0.2) is 4.98 Å². The summed E-state index contributed by atoms with van der Waals surface area (Å²) in [5, 5.41) is 4.59. The van der Waals surface area contributed by atoms with E-state index in [1.807, 2.05) is 30.3 Å². The third-order valence-corrected chi connectivity index (χ3v) is 3.13. The predicted octanol–water partition coefficient (Wildman–Crippen LogP) is 3.08. The van der Waals surface area contributed by atoms with E-state index in [0.717, 1.165) is 23.3 Å². The maximum atomic E-state index is 12.5.